The molecule has 26 heavy (non-hydrogen) atoms. The van der Waals surface area contributed by atoms with Crippen LogP contribution >= 0.6 is 11.3 Å². The van der Waals surface area contributed by atoms with Crippen molar-refractivity contribution in [1.82, 2.24) is 9.78 Å². The molecule has 5 nitrogen and oxygen atoms in total. The molecule has 0 aliphatic carbocycles. The van der Waals surface area contributed by atoms with E-state index in [-0.39, 0.29) is 16.1 Å². The van der Waals surface area contributed by atoms with E-state index in [0.717, 1.165) is 0 Å². The van der Waals surface area contributed by atoms with Crippen LogP contribution in [0.1, 0.15) is 0 Å². The maximum Gasteiger partial charge on any atom is 0.505 e. The Morgan fingerprint density at radius 3 is 2.12 bits per heavy atom. The Balaban J connectivity index is 2.19. The molecule has 0 aliphatic rings. The molecule has 138 valence electrons. The van der Waals surface area contributed by atoms with E-state index in [1.54, 1.807) is 29.6 Å². The molecule has 9 heteroatoms. The van der Waals surface area contributed by atoms with Crippen LogP contribution in [-0.4, -0.2) is 31.1 Å². The van der Waals surface area contributed by atoms with Crippen molar-refractivity contribution >= 4 is 11.3 Å². The molecular weight excluding hydrogens is 369 g/mol. The first-order valence-corrected chi connectivity index (χ1v) is 8.28. The van der Waals surface area contributed by atoms with Crippen molar-refractivity contribution in [1.29, 1.82) is 0 Å². The maximum absolute atomic E-state index is 13.4. The van der Waals surface area contributed by atoms with Crippen molar-refractivity contribution in [2.24, 2.45) is 0 Å². The topological polar surface area (TPSA) is 45.5 Å². The minimum atomic E-state index is -4.64. The molecule has 2 heterocycles. The predicted octanol–water partition coefficient (Wildman–Crippen LogP) is 4.78. The SMILES string of the molecule is COc1cc(-c2cc(-c3cccs3)n(C(F)(F)F)n2)cc(OC)c1OC. The van der Waals surface area contributed by atoms with E-state index in [4.69, 9.17) is 14.2 Å². The number of ether oxygens (including phenoxy) is 3. The molecule has 0 N–H and O–H groups in total. The van der Waals surface area contributed by atoms with Gasteiger partial charge in [0.1, 0.15) is 0 Å². The third-order valence-corrected chi connectivity index (χ3v) is 4.58. The fourth-order valence-corrected chi connectivity index (χ4v) is 3.27. The van der Waals surface area contributed by atoms with Crippen molar-refractivity contribution in [3.05, 3.63) is 35.7 Å². The normalized spacial score (nSPS) is 11.5. The lowest BCUT2D eigenvalue weighted by Gasteiger charge is -2.13. The molecule has 0 saturated heterocycles. The number of nitrogens with zero attached hydrogens (tertiary/aromatic N) is 2. The van der Waals surface area contributed by atoms with Crippen LogP contribution in [-0.2, 0) is 6.30 Å². The summed E-state index contributed by atoms with van der Waals surface area (Å²) in [6.45, 7) is 0. The second kappa shape index (κ2) is 6.91. The smallest absolute Gasteiger partial charge is 0.493 e. The summed E-state index contributed by atoms with van der Waals surface area (Å²) in [4.78, 5) is 0.466. The highest BCUT2D eigenvalue weighted by atomic mass is 32.1. The van der Waals surface area contributed by atoms with E-state index in [1.807, 2.05) is 0 Å². The van der Waals surface area contributed by atoms with Gasteiger partial charge < -0.3 is 14.2 Å². The minimum Gasteiger partial charge on any atom is -0.493 e. The third-order valence-electron chi connectivity index (χ3n) is 3.68. The Morgan fingerprint density at radius 1 is 1.00 bits per heavy atom. The third kappa shape index (κ3) is 3.22. The summed E-state index contributed by atoms with van der Waals surface area (Å²) in [5.74, 6) is 1.02. The van der Waals surface area contributed by atoms with Gasteiger partial charge in [0.2, 0.25) is 5.75 Å². The van der Waals surface area contributed by atoms with Crippen LogP contribution in [0.15, 0.2) is 35.7 Å². The summed E-state index contributed by atoms with van der Waals surface area (Å²) in [6.07, 6.45) is -4.64. The van der Waals surface area contributed by atoms with Gasteiger partial charge in [-0.2, -0.15) is 9.78 Å². The number of hydrogen-bond donors (Lipinski definition) is 0. The van der Waals surface area contributed by atoms with Gasteiger partial charge in [0.15, 0.2) is 11.5 Å². The average molecular weight is 384 g/mol. The number of alkyl halides is 3. The molecule has 0 bridgehead atoms. The maximum atomic E-state index is 13.4. The Labute approximate surface area is 151 Å². The van der Waals surface area contributed by atoms with Crippen molar-refractivity contribution in [2.75, 3.05) is 21.3 Å². The van der Waals surface area contributed by atoms with Crippen LogP contribution in [0.2, 0.25) is 0 Å². The van der Waals surface area contributed by atoms with E-state index in [1.165, 1.54) is 38.7 Å². The van der Waals surface area contributed by atoms with Gasteiger partial charge >= 0.3 is 6.30 Å². The van der Waals surface area contributed by atoms with Gasteiger partial charge in [-0.05, 0) is 29.6 Å². The zero-order valence-corrected chi connectivity index (χ0v) is 14.9. The predicted molar refractivity (Wildman–Crippen MR) is 91.9 cm³/mol. The Bertz CT molecular complexity index is 880. The summed E-state index contributed by atoms with van der Waals surface area (Å²) in [5, 5.41) is 5.47. The lowest BCUT2D eigenvalue weighted by atomic mass is 10.1. The van der Waals surface area contributed by atoms with Gasteiger partial charge in [-0.25, -0.2) is 0 Å². The largest absolute Gasteiger partial charge is 0.505 e. The van der Waals surface area contributed by atoms with Crippen molar-refractivity contribution in [3.8, 4) is 39.1 Å². The van der Waals surface area contributed by atoms with Crippen LogP contribution in [0, 0.1) is 0 Å². The summed E-state index contributed by atoms with van der Waals surface area (Å²) >= 11 is 1.21. The molecule has 3 aromatic rings. The molecule has 0 fully saturated rings. The Hall–Kier alpha value is -2.68. The van der Waals surface area contributed by atoms with Crippen LogP contribution in [0.3, 0.4) is 0 Å². The average Bonchev–Trinajstić information content (AvgIpc) is 3.28. The molecule has 0 saturated carbocycles. The van der Waals surface area contributed by atoms with Gasteiger partial charge in [0.05, 0.1) is 37.6 Å². The van der Waals surface area contributed by atoms with Gasteiger partial charge in [-0.3, -0.25) is 0 Å². The monoisotopic (exact) mass is 384 g/mol. The summed E-state index contributed by atoms with van der Waals surface area (Å²) in [6, 6.07) is 7.81. The zero-order chi connectivity index (χ0) is 18.9. The number of halogens is 3. The van der Waals surface area contributed by atoms with E-state index >= 15 is 0 Å². The molecule has 0 atom stereocenters. The van der Waals surface area contributed by atoms with E-state index in [2.05, 4.69) is 5.10 Å². The number of aromatic nitrogens is 2. The quantitative estimate of drug-likeness (QED) is 0.635. The van der Waals surface area contributed by atoms with Gasteiger partial charge in [0, 0.05) is 5.56 Å². The molecule has 0 aliphatic heterocycles. The van der Waals surface area contributed by atoms with E-state index in [9.17, 15) is 13.2 Å². The van der Waals surface area contributed by atoms with Crippen molar-refractivity contribution < 1.29 is 27.4 Å². The molecule has 0 spiro atoms. The van der Waals surface area contributed by atoms with Crippen LogP contribution < -0.4 is 14.2 Å². The zero-order valence-electron chi connectivity index (χ0n) is 14.1. The van der Waals surface area contributed by atoms with Crippen LogP contribution in [0.25, 0.3) is 21.8 Å². The van der Waals surface area contributed by atoms with E-state index < -0.39 is 6.30 Å². The first-order valence-electron chi connectivity index (χ1n) is 7.40. The summed E-state index contributed by atoms with van der Waals surface area (Å²) in [5.41, 5.74) is 0.529. The van der Waals surface area contributed by atoms with Crippen molar-refractivity contribution in [2.45, 2.75) is 6.30 Å². The van der Waals surface area contributed by atoms with Gasteiger partial charge in [0.25, 0.3) is 0 Å². The molecule has 0 radical (unpaired) electrons. The first kappa shape index (κ1) is 18.1. The molecule has 2 aromatic heterocycles. The van der Waals surface area contributed by atoms with Gasteiger partial charge in [-0.15, -0.1) is 24.5 Å². The van der Waals surface area contributed by atoms with E-state index in [0.29, 0.717) is 27.7 Å². The number of benzene rings is 1. The highest BCUT2D eigenvalue weighted by Crippen LogP contribution is 2.42. The van der Waals surface area contributed by atoms with Crippen LogP contribution in [0.4, 0.5) is 13.2 Å². The summed E-state index contributed by atoms with van der Waals surface area (Å²) in [7, 11) is 4.33. The van der Waals surface area contributed by atoms with Crippen molar-refractivity contribution in [3.63, 3.8) is 0 Å². The van der Waals surface area contributed by atoms with Crippen LogP contribution in [0.5, 0.6) is 17.2 Å². The standard InChI is InChI=1S/C17H15F3N2O3S/c1-23-13-7-10(8-14(24-2)16(13)25-3)11-9-12(15-5-4-6-26-15)22(21-11)17(18,19)20/h4-9H,1-3H3. The Morgan fingerprint density at radius 2 is 1.65 bits per heavy atom. The molecular formula is C17H15F3N2O3S. The highest BCUT2D eigenvalue weighted by Gasteiger charge is 2.35. The number of rotatable bonds is 5. The fourth-order valence-electron chi connectivity index (χ4n) is 2.54. The second-order valence-electron chi connectivity index (χ2n) is 5.19. The Kier molecular flexibility index (Phi) is 4.82. The molecule has 0 amide bonds. The molecule has 3 rings (SSSR count). The summed E-state index contributed by atoms with van der Waals surface area (Å²) < 4.78 is 56.1. The number of thiophene rings is 1. The molecule has 1 aromatic carbocycles. The fraction of sp³-hybridized carbons (Fsp3) is 0.235. The number of methoxy groups -OCH3 is 3. The minimum absolute atomic E-state index is 0.0312. The number of hydrogen-bond acceptors (Lipinski definition) is 5. The lowest BCUT2D eigenvalue weighted by molar-refractivity contribution is -0.210. The first-order chi connectivity index (χ1) is 12.4. The lowest BCUT2D eigenvalue weighted by Crippen LogP contribution is -2.19. The highest BCUT2D eigenvalue weighted by molar-refractivity contribution is 7.13. The molecule has 0 unspecified atom stereocenters. The second-order valence-corrected chi connectivity index (χ2v) is 6.13. The van der Waals surface area contributed by atoms with Gasteiger partial charge in [-0.1, -0.05) is 6.07 Å².